The van der Waals surface area contributed by atoms with Gasteiger partial charge in [-0.2, -0.15) is 4.31 Å². The summed E-state index contributed by atoms with van der Waals surface area (Å²) in [6, 6.07) is 2.89. The summed E-state index contributed by atoms with van der Waals surface area (Å²) in [4.78, 5) is 12.1. The maximum Gasteiger partial charge on any atom is 0.322 e. The van der Waals surface area contributed by atoms with E-state index in [9.17, 15) is 13.2 Å². The van der Waals surface area contributed by atoms with Crippen LogP contribution in [0.3, 0.4) is 0 Å². The number of hydrogen-bond donors (Lipinski definition) is 1. The van der Waals surface area contributed by atoms with Crippen molar-refractivity contribution >= 4 is 27.3 Å². The van der Waals surface area contributed by atoms with Gasteiger partial charge in [0.25, 0.3) is 0 Å². The molecule has 1 fully saturated rings. The highest BCUT2D eigenvalue weighted by atomic mass is 32.2. The third-order valence-corrected chi connectivity index (χ3v) is 6.09. The number of nitrogens with zero attached hydrogens (tertiary/aromatic N) is 1. The number of aliphatic carboxylic acids is 1. The summed E-state index contributed by atoms with van der Waals surface area (Å²) in [5.41, 5.74) is 0. The molecule has 2 rings (SSSR count). The molecule has 1 aromatic rings. The van der Waals surface area contributed by atoms with Crippen molar-refractivity contribution in [1.82, 2.24) is 4.31 Å². The van der Waals surface area contributed by atoms with Gasteiger partial charge in [0.05, 0.1) is 5.75 Å². The van der Waals surface area contributed by atoms with Gasteiger partial charge in [0.1, 0.15) is 6.04 Å². The fourth-order valence-corrected chi connectivity index (χ4v) is 4.83. The third-order valence-electron chi connectivity index (χ3n) is 3.28. The summed E-state index contributed by atoms with van der Waals surface area (Å²) in [6.45, 7) is 0.323. The van der Waals surface area contributed by atoms with E-state index in [1.807, 2.05) is 17.5 Å². The van der Waals surface area contributed by atoms with Crippen LogP contribution in [-0.2, 0) is 21.2 Å². The predicted molar refractivity (Wildman–Crippen MR) is 73.8 cm³/mol. The Bertz CT molecular complexity index is 524. The molecule has 1 unspecified atom stereocenters. The van der Waals surface area contributed by atoms with Crippen LogP contribution in [0.4, 0.5) is 0 Å². The van der Waals surface area contributed by atoms with Crippen LogP contribution in [0.15, 0.2) is 17.5 Å². The molecule has 1 atom stereocenters. The molecule has 106 valence electrons. The molecule has 7 heteroatoms. The molecule has 0 aliphatic carbocycles. The number of sulfonamides is 1. The van der Waals surface area contributed by atoms with E-state index in [0.717, 1.165) is 17.7 Å². The van der Waals surface area contributed by atoms with Gasteiger partial charge in [0, 0.05) is 11.4 Å². The largest absolute Gasteiger partial charge is 0.480 e. The van der Waals surface area contributed by atoms with E-state index in [0.29, 0.717) is 19.4 Å². The maximum atomic E-state index is 12.3. The molecule has 0 radical (unpaired) electrons. The van der Waals surface area contributed by atoms with Crippen LogP contribution in [0.2, 0.25) is 0 Å². The molecule has 0 bridgehead atoms. The van der Waals surface area contributed by atoms with Gasteiger partial charge >= 0.3 is 5.97 Å². The standard InChI is InChI=1S/C12H17NO4S2/c14-12(15)11-5-1-2-7-13(11)19(16,17)9-6-10-4-3-8-18-10/h3-4,8,11H,1-2,5-7,9H2,(H,14,15). The lowest BCUT2D eigenvalue weighted by Crippen LogP contribution is -2.48. The number of rotatable bonds is 5. The number of hydrogen-bond acceptors (Lipinski definition) is 4. The van der Waals surface area contributed by atoms with E-state index in [-0.39, 0.29) is 5.75 Å². The fourth-order valence-electron chi connectivity index (χ4n) is 2.29. The van der Waals surface area contributed by atoms with Crippen molar-refractivity contribution in [2.45, 2.75) is 31.7 Å². The van der Waals surface area contributed by atoms with Gasteiger partial charge in [-0.15, -0.1) is 11.3 Å². The summed E-state index contributed by atoms with van der Waals surface area (Å²) >= 11 is 1.52. The maximum absolute atomic E-state index is 12.3. The van der Waals surface area contributed by atoms with E-state index in [1.165, 1.54) is 15.6 Å². The zero-order valence-corrected chi connectivity index (χ0v) is 12.1. The number of carboxylic acids is 1. The summed E-state index contributed by atoms with van der Waals surface area (Å²) in [5.74, 6) is -1.06. The molecule has 1 N–H and O–H groups in total. The average molecular weight is 303 g/mol. The highest BCUT2D eigenvalue weighted by Crippen LogP contribution is 2.22. The zero-order valence-electron chi connectivity index (χ0n) is 10.5. The van der Waals surface area contributed by atoms with Gasteiger partial charge in [-0.3, -0.25) is 4.79 Å². The smallest absolute Gasteiger partial charge is 0.322 e. The Balaban J connectivity index is 2.06. The van der Waals surface area contributed by atoms with Crippen LogP contribution < -0.4 is 0 Å². The third kappa shape index (κ3) is 3.55. The van der Waals surface area contributed by atoms with Crippen molar-refractivity contribution in [1.29, 1.82) is 0 Å². The van der Waals surface area contributed by atoms with Crippen molar-refractivity contribution in [3.63, 3.8) is 0 Å². The van der Waals surface area contributed by atoms with Gasteiger partial charge in [-0.25, -0.2) is 8.42 Å². The molecule has 1 aliphatic heterocycles. The lowest BCUT2D eigenvalue weighted by molar-refractivity contribution is -0.142. The van der Waals surface area contributed by atoms with Crippen LogP contribution >= 0.6 is 11.3 Å². The van der Waals surface area contributed by atoms with Gasteiger partial charge in [0.2, 0.25) is 10.0 Å². The molecule has 1 aliphatic rings. The van der Waals surface area contributed by atoms with Crippen molar-refractivity contribution in [2.75, 3.05) is 12.3 Å². The fraction of sp³-hybridized carbons (Fsp3) is 0.583. The van der Waals surface area contributed by atoms with Gasteiger partial charge in [-0.1, -0.05) is 6.07 Å². The van der Waals surface area contributed by atoms with E-state index in [1.54, 1.807) is 0 Å². The number of carboxylic acid groups (broad SMARTS) is 1. The first kappa shape index (κ1) is 14.5. The molecule has 5 nitrogen and oxygen atoms in total. The van der Waals surface area contributed by atoms with Crippen molar-refractivity contribution in [2.24, 2.45) is 0 Å². The van der Waals surface area contributed by atoms with Crippen molar-refractivity contribution in [3.8, 4) is 0 Å². The molecule has 1 aromatic heterocycles. The van der Waals surface area contributed by atoms with E-state index >= 15 is 0 Å². The Hall–Kier alpha value is -0.920. The van der Waals surface area contributed by atoms with Crippen LogP contribution in [0.1, 0.15) is 24.1 Å². The van der Waals surface area contributed by atoms with Gasteiger partial charge < -0.3 is 5.11 Å². The highest BCUT2D eigenvalue weighted by Gasteiger charge is 2.36. The molecule has 1 saturated heterocycles. The Kier molecular flexibility index (Phi) is 4.59. The van der Waals surface area contributed by atoms with Crippen LogP contribution in [0.5, 0.6) is 0 Å². The molecule has 0 spiro atoms. The molecule has 0 saturated carbocycles. The van der Waals surface area contributed by atoms with Crippen LogP contribution in [0.25, 0.3) is 0 Å². The van der Waals surface area contributed by atoms with Crippen molar-refractivity contribution < 1.29 is 18.3 Å². The lowest BCUT2D eigenvalue weighted by atomic mass is 10.1. The molecule has 19 heavy (non-hydrogen) atoms. The van der Waals surface area contributed by atoms with Crippen LogP contribution in [-0.4, -0.2) is 42.1 Å². The minimum absolute atomic E-state index is 0.0166. The van der Waals surface area contributed by atoms with E-state index in [2.05, 4.69) is 0 Å². The van der Waals surface area contributed by atoms with E-state index in [4.69, 9.17) is 5.11 Å². The minimum atomic E-state index is -3.49. The predicted octanol–water partition coefficient (Wildman–Crippen LogP) is 1.56. The molecular weight excluding hydrogens is 286 g/mol. The summed E-state index contributed by atoms with van der Waals surface area (Å²) in [6.07, 6.45) is 2.37. The Labute approximate surface area is 116 Å². The summed E-state index contributed by atoms with van der Waals surface area (Å²) < 4.78 is 25.7. The SMILES string of the molecule is O=C(O)C1CCCCN1S(=O)(=O)CCc1cccs1. The first-order valence-electron chi connectivity index (χ1n) is 6.25. The average Bonchev–Trinajstić information content (AvgIpc) is 2.89. The van der Waals surface area contributed by atoms with Crippen LogP contribution in [0, 0.1) is 0 Å². The zero-order chi connectivity index (χ0) is 13.9. The first-order chi connectivity index (χ1) is 9.00. The summed E-state index contributed by atoms with van der Waals surface area (Å²) in [7, 11) is -3.49. The second-order valence-corrected chi connectivity index (χ2v) is 7.68. The lowest BCUT2D eigenvalue weighted by Gasteiger charge is -2.31. The second-order valence-electron chi connectivity index (χ2n) is 4.61. The van der Waals surface area contributed by atoms with Gasteiger partial charge in [-0.05, 0) is 37.1 Å². The number of carbonyl (C=O) groups is 1. The molecule has 0 amide bonds. The quantitative estimate of drug-likeness (QED) is 0.896. The van der Waals surface area contributed by atoms with E-state index < -0.39 is 22.0 Å². The normalized spacial score (nSPS) is 21.4. The summed E-state index contributed by atoms with van der Waals surface area (Å²) in [5, 5.41) is 11.0. The topological polar surface area (TPSA) is 74.7 Å². The number of thiophene rings is 1. The number of piperidine rings is 1. The molecular formula is C12H17NO4S2. The highest BCUT2D eigenvalue weighted by molar-refractivity contribution is 7.89. The Morgan fingerprint density at radius 1 is 1.47 bits per heavy atom. The number of aryl methyl sites for hydroxylation is 1. The van der Waals surface area contributed by atoms with Gasteiger partial charge in [0.15, 0.2) is 0 Å². The minimum Gasteiger partial charge on any atom is -0.480 e. The Morgan fingerprint density at radius 3 is 2.89 bits per heavy atom. The van der Waals surface area contributed by atoms with Crippen molar-refractivity contribution in [3.05, 3.63) is 22.4 Å². The molecule has 0 aromatic carbocycles. The second kappa shape index (κ2) is 6.02. The Morgan fingerprint density at radius 2 is 2.26 bits per heavy atom. The first-order valence-corrected chi connectivity index (χ1v) is 8.74. The monoisotopic (exact) mass is 303 g/mol. The molecule has 2 heterocycles.